The summed E-state index contributed by atoms with van der Waals surface area (Å²) in [5.74, 6) is 0.334. The van der Waals surface area contributed by atoms with Gasteiger partial charge in [0.05, 0.1) is 5.69 Å². The normalized spacial score (nSPS) is 12.1. The smallest absolute Gasteiger partial charge is 0.195 e. The molecule has 0 aliphatic heterocycles. The van der Waals surface area contributed by atoms with Crippen molar-refractivity contribution in [3.8, 4) is 5.69 Å². The van der Waals surface area contributed by atoms with E-state index in [0.717, 1.165) is 5.69 Å². The molecule has 1 atom stereocenters. The number of carbonyl (C=O) groups excluding carboxylic acids is 1. The molecule has 0 saturated carbocycles. The summed E-state index contributed by atoms with van der Waals surface area (Å²) in [5.41, 5.74) is 1.78. The molecule has 0 aliphatic rings. The lowest BCUT2D eigenvalue weighted by atomic mass is 10.00. The van der Waals surface area contributed by atoms with Gasteiger partial charge in [-0.1, -0.05) is 42.5 Å². The number of rotatable bonds is 4. The van der Waals surface area contributed by atoms with Crippen LogP contribution in [-0.4, -0.2) is 31.1 Å². The van der Waals surface area contributed by atoms with Crippen LogP contribution in [0, 0.1) is 6.92 Å². The summed E-state index contributed by atoms with van der Waals surface area (Å²) in [6, 6.07) is 15.7. The SMILES string of the molecule is Cc1nnnn1-c1ccc(C(O)C(=O)c2ccccc2)cc1. The fourth-order valence-corrected chi connectivity index (χ4v) is 2.18. The van der Waals surface area contributed by atoms with Gasteiger partial charge in [0.1, 0.15) is 6.10 Å². The van der Waals surface area contributed by atoms with Crippen LogP contribution in [0.2, 0.25) is 0 Å². The lowest BCUT2D eigenvalue weighted by molar-refractivity contribution is 0.0747. The van der Waals surface area contributed by atoms with Crippen molar-refractivity contribution in [2.24, 2.45) is 0 Å². The molecule has 6 heteroatoms. The summed E-state index contributed by atoms with van der Waals surface area (Å²) in [5, 5.41) is 21.5. The number of carbonyl (C=O) groups is 1. The van der Waals surface area contributed by atoms with Crippen molar-refractivity contribution in [3.05, 3.63) is 71.5 Å². The number of nitrogens with zero attached hydrogens (tertiary/aromatic N) is 4. The second kappa shape index (κ2) is 5.87. The quantitative estimate of drug-likeness (QED) is 0.743. The Morgan fingerprint density at radius 2 is 1.77 bits per heavy atom. The fourth-order valence-electron chi connectivity index (χ4n) is 2.18. The Morgan fingerprint density at radius 3 is 2.36 bits per heavy atom. The Balaban J connectivity index is 1.84. The molecule has 110 valence electrons. The number of benzene rings is 2. The molecule has 1 heterocycles. The maximum absolute atomic E-state index is 12.2. The van der Waals surface area contributed by atoms with Crippen molar-refractivity contribution < 1.29 is 9.90 Å². The minimum atomic E-state index is -1.19. The standard InChI is InChI=1S/C16H14N4O2/c1-11-17-18-19-20(11)14-9-7-13(8-10-14)16(22)15(21)12-5-3-2-4-6-12/h2-10,16,22H,1H3. The average Bonchev–Trinajstić information content (AvgIpc) is 3.00. The first-order valence-electron chi connectivity index (χ1n) is 6.79. The van der Waals surface area contributed by atoms with E-state index in [0.29, 0.717) is 17.0 Å². The van der Waals surface area contributed by atoms with Crippen LogP contribution >= 0.6 is 0 Å². The maximum atomic E-state index is 12.2. The van der Waals surface area contributed by atoms with E-state index >= 15 is 0 Å². The molecule has 0 fully saturated rings. The highest BCUT2D eigenvalue weighted by molar-refractivity contribution is 5.99. The van der Waals surface area contributed by atoms with Gasteiger partial charge in [-0.3, -0.25) is 4.79 Å². The van der Waals surface area contributed by atoms with Crippen molar-refractivity contribution in [2.45, 2.75) is 13.0 Å². The number of hydrogen-bond acceptors (Lipinski definition) is 5. The van der Waals surface area contributed by atoms with Crippen LogP contribution < -0.4 is 0 Å². The number of aliphatic hydroxyl groups excluding tert-OH is 1. The van der Waals surface area contributed by atoms with Crippen molar-refractivity contribution in [3.63, 3.8) is 0 Å². The first-order chi connectivity index (χ1) is 10.7. The lowest BCUT2D eigenvalue weighted by Gasteiger charge is -2.11. The van der Waals surface area contributed by atoms with Crippen LogP contribution in [-0.2, 0) is 0 Å². The van der Waals surface area contributed by atoms with Gasteiger partial charge in [0, 0.05) is 5.56 Å². The highest BCUT2D eigenvalue weighted by Gasteiger charge is 2.19. The third-order valence-electron chi connectivity index (χ3n) is 3.39. The summed E-state index contributed by atoms with van der Waals surface area (Å²) in [6.07, 6.45) is -1.19. The highest BCUT2D eigenvalue weighted by atomic mass is 16.3. The summed E-state index contributed by atoms with van der Waals surface area (Å²) in [4.78, 5) is 12.2. The lowest BCUT2D eigenvalue weighted by Crippen LogP contribution is -2.12. The zero-order valence-corrected chi connectivity index (χ0v) is 11.9. The number of Topliss-reactive ketones (excluding diaryl/α,β-unsaturated/α-hetero) is 1. The molecule has 3 rings (SSSR count). The number of hydrogen-bond donors (Lipinski definition) is 1. The van der Waals surface area contributed by atoms with Crippen LogP contribution in [0.4, 0.5) is 0 Å². The van der Waals surface area contributed by atoms with Crippen LogP contribution in [0.3, 0.4) is 0 Å². The Hall–Kier alpha value is -2.86. The first-order valence-corrected chi connectivity index (χ1v) is 6.79. The number of ketones is 1. The summed E-state index contributed by atoms with van der Waals surface area (Å²) in [7, 11) is 0. The van der Waals surface area contributed by atoms with Gasteiger partial charge in [-0.2, -0.15) is 4.68 Å². The van der Waals surface area contributed by atoms with E-state index in [1.165, 1.54) is 0 Å². The Morgan fingerprint density at radius 1 is 1.09 bits per heavy atom. The molecule has 0 saturated heterocycles. The van der Waals surface area contributed by atoms with Crippen LogP contribution in [0.15, 0.2) is 54.6 Å². The Labute approximate surface area is 127 Å². The number of tetrazole rings is 1. The summed E-state index contributed by atoms with van der Waals surface area (Å²) >= 11 is 0. The third kappa shape index (κ3) is 2.64. The molecule has 1 N–H and O–H groups in total. The van der Waals surface area contributed by atoms with Crippen LogP contribution in [0.25, 0.3) is 5.69 Å². The van der Waals surface area contributed by atoms with Crippen molar-refractivity contribution in [2.75, 3.05) is 0 Å². The predicted molar refractivity (Wildman–Crippen MR) is 79.6 cm³/mol. The Bertz CT molecular complexity index is 781. The fraction of sp³-hybridized carbons (Fsp3) is 0.125. The van der Waals surface area contributed by atoms with Gasteiger partial charge in [0.15, 0.2) is 11.6 Å². The van der Waals surface area contributed by atoms with Gasteiger partial charge in [0.2, 0.25) is 0 Å². The molecule has 0 amide bonds. The number of aliphatic hydroxyl groups is 1. The predicted octanol–water partition coefficient (Wildman–Crippen LogP) is 1.89. The molecular formula is C16H14N4O2. The largest absolute Gasteiger partial charge is 0.380 e. The van der Waals surface area contributed by atoms with Crippen LogP contribution in [0.5, 0.6) is 0 Å². The van der Waals surface area contributed by atoms with E-state index in [-0.39, 0.29) is 5.78 Å². The molecule has 1 unspecified atom stereocenters. The Kier molecular flexibility index (Phi) is 3.76. The molecule has 22 heavy (non-hydrogen) atoms. The van der Waals surface area contributed by atoms with Crippen molar-refractivity contribution in [1.82, 2.24) is 20.2 Å². The van der Waals surface area contributed by atoms with Gasteiger partial charge < -0.3 is 5.11 Å². The van der Waals surface area contributed by atoms with Gasteiger partial charge in [0.25, 0.3) is 0 Å². The molecular weight excluding hydrogens is 280 g/mol. The molecule has 6 nitrogen and oxygen atoms in total. The van der Waals surface area contributed by atoms with Crippen LogP contribution in [0.1, 0.15) is 27.8 Å². The molecule has 3 aromatic rings. The first kappa shape index (κ1) is 14.1. The summed E-state index contributed by atoms with van der Waals surface area (Å²) in [6.45, 7) is 1.79. The highest BCUT2D eigenvalue weighted by Crippen LogP contribution is 2.20. The zero-order valence-electron chi connectivity index (χ0n) is 11.9. The third-order valence-corrected chi connectivity index (χ3v) is 3.39. The molecule has 1 aromatic heterocycles. The minimum absolute atomic E-state index is 0.327. The van der Waals surface area contributed by atoms with Crippen molar-refractivity contribution in [1.29, 1.82) is 0 Å². The number of aryl methyl sites for hydroxylation is 1. The van der Waals surface area contributed by atoms with E-state index in [4.69, 9.17) is 0 Å². The molecule has 2 aromatic carbocycles. The monoisotopic (exact) mass is 294 g/mol. The molecule has 0 aliphatic carbocycles. The second-order valence-corrected chi connectivity index (χ2v) is 4.86. The maximum Gasteiger partial charge on any atom is 0.195 e. The second-order valence-electron chi connectivity index (χ2n) is 4.86. The van der Waals surface area contributed by atoms with E-state index in [9.17, 15) is 9.90 Å². The topological polar surface area (TPSA) is 80.9 Å². The van der Waals surface area contributed by atoms with Gasteiger partial charge >= 0.3 is 0 Å². The molecule has 0 bridgehead atoms. The van der Waals surface area contributed by atoms with E-state index < -0.39 is 6.10 Å². The molecule has 0 radical (unpaired) electrons. The van der Waals surface area contributed by atoms with E-state index in [1.54, 1.807) is 60.1 Å². The van der Waals surface area contributed by atoms with E-state index in [2.05, 4.69) is 15.5 Å². The van der Waals surface area contributed by atoms with E-state index in [1.807, 2.05) is 6.07 Å². The average molecular weight is 294 g/mol. The van der Waals surface area contributed by atoms with Crippen molar-refractivity contribution >= 4 is 5.78 Å². The minimum Gasteiger partial charge on any atom is -0.380 e. The summed E-state index contributed by atoms with van der Waals surface area (Å²) < 4.78 is 1.58. The van der Waals surface area contributed by atoms with Gasteiger partial charge in [-0.25, -0.2) is 0 Å². The zero-order chi connectivity index (χ0) is 15.5. The molecule has 0 spiro atoms. The van der Waals surface area contributed by atoms with Gasteiger partial charge in [-0.15, -0.1) is 5.10 Å². The number of aromatic nitrogens is 4. The van der Waals surface area contributed by atoms with Gasteiger partial charge in [-0.05, 0) is 35.0 Å².